The molecule has 0 bridgehead atoms. The molecule has 0 saturated heterocycles. The maximum Gasteiger partial charge on any atom is 0.132 e. The molecule has 0 unspecified atom stereocenters. The second-order valence-electron chi connectivity index (χ2n) is 2.89. The second-order valence-corrected chi connectivity index (χ2v) is 2.89. The number of allylic oxidation sites excluding steroid dienone is 1. The van der Waals surface area contributed by atoms with Gasteiger partial charge in [-0.3, -0.25) is 0 Å². The molecule has 0 amide bonds. The molecule has 1 nitrogen and oxygen atoms in total. The molecule has 0 spiro atoms. The van der Waals surface area contributed by atoms with Gasteiger partial charge in [0.1, 0.15) is 5.82 Å². The first-order valence-electron chi connectivity index (χ1n) is 3.81. The molecule has 1 aromatic carbocycles. The normalized spacial score (nSPS) is 9.58. The van der Waals surface area contributed by atoms with Gasteiger partial charge in [-0.2, -0.15) is 0 Å². The topological polar surface area (TPSA) is 26.0 Å². The summed E-state index contributed by atoms with van der Waals surface area (Å²) in [7, 11) is 0. The highest BCUT2D eigenvalue weighted by atomic mass is 19.1. The molecule has 0 saturated carbocycles. The Kier molecular flexibility index (Phi) is 2.48. The number of nitrogens with two attached hydrogens (primary N) is 1. The van der Waals surface area contributed by atoms with Crippen LogP contribution in [0.15, 0.2) is 29.8 Å². The zero-order chi connectivity index (χ0) is 9.14. The lowest BCUT2D eigenvalue weighted by molar-refractivity contribution is 0.623. The SMILES string of the molecule is CC(C)=C(N)c1ccccc1F. The first kappa shape index (κ1) is 8.78. The molecule has 0 aromatic heterocycles. The molecule has 0 heterocycles. The third-order valence-corrected chi connectivity index (χ3v) is 1.70. The maximum absolute atomic E-state index is 13.1. The van der Waals surface area contributed by atoms with Gasteiger partial charge in [-0.25, -0.2) is 4.39 Å². The third-order valence-electron chi connectivity index (χ3n) is 1.70. The minimum Gasteiger partial charge on any atom is -0.398 e. The van der Waals surface area contributed by atoms with Gasteiger partial charge >= 0.3 is 0 Å². The second kappa shape index (κ2) is 3.39. The van der Waals surface area contributed by atoms with Crippen molar-refractivity contribution in [3.8, 4) is 0 Å². The Labute approximate surface area is 71.7 Å². The monoisotopic (exact) mass is 165 g/mol. The molecule has 1 aromatic rings. The zero-order valence-electron chi connectivity index (χ0n) is 7.26. The molecule has 1 rings (SSSR count). The number of benzene rings is 1. The Morgan fingerprint density at radius 2 is 1.83 bits per heavy atom. The smallest absolute Gasteiger partial charge is 0.132 e. The summed E-state index contributed by atoms with van der Waals surface area (Å²) in [6, 6.07) is 6.51. The van der Waals surface area contributed by atoms with Gasteiger partial charge in [-0.05, 0) is 26.0 Å². The Morgan fingerprint density at radius 1 is 1.25 bits per heavy atom. The van der Waals surface area contributed by atoms with Gasteiger partial charge < -0.3 is 5.73 Å². The zero-order valence-corrected chi connectivity index (χ0v) is 7.26. The van der Waals surface area contributed by atoms with Crippen LogP contribution in [-0.2, 0) is 0 Å². The summed E-state index contributed by atoms with van der Waals surface area (Å²) in [4.78, 5) is 0. The van der Waals surface area contributed by atoms with Crippen LogP contribution in [0.5, 0.6) is 0 Å². The maximum atomic E-state index is 13.1. The van der Waals surface area contributed by atoms with E-state index in [2.05, 4.69) is 0 Å². The molecule has 0 atom stereocenters. The molecule has 0 aliphatic heterocycles. The summed E-state index contributed by atoms with van der Waals surface area (Å²) < 4.78 is 13.1. The molecular weight excluding hydrogens is 153 g/mol. The molecule has 2 heteroatoms. The van der Waals surface area contributed by atoms with Crippen molar-refractivity contribution < 1.29 is 4.39 Å². The number of hydrogen-bond acceptors (Lipinski definition) is 1. The van der Waals surface area contributed by atoms with Gasteiger partial charge in [0.2, 0.25) is 0 Å². The van der Waals surface area contributed by atoms with Gasteiger partial charge in [0.25, 0.3) is 0 Å². The van der Waals surface area contributed by atoms with Crippen LogP contribution >= 0.6 is 0 Å². The Bertz CT molecular complexity index is 311. The lowest BCUT2D eigenvalue weighted by Crippen LogP contribution is -2.00. The van der Waals surface area contributed by atoms with E-state index in [-0.39, 0.29) is 5.82 Å². The van der Waals surface area contributed by atoms with Crippen LogP contribution in [0.3, 0.4) is 0 Å². The molecule has 64 valence electrons. The number of rotatable bonds is 1. The van der Waals surface area contributed by atoms with Gasteiger partial charge in [0, 0.05) is 11.3 Å². The lowest BCUT2D eigenvalue weighted by atomic mass is 10.1. The summed E-state index contributed by atoms with van der Waals surface area (Å²) in [5, 5.41) is 0. The Balaban J connectivity index is 3.21. The van der Waals surface area contributed by atoms with Crippen LogP contribution in [0.1, 0.15) is 19.4 Å². The van der Waals surface area contributed by atoms with Crippen LogP contribution in [0.25, 0.3) is 5.70 Å². The fourth-order valence-electron chi connectivity index (χ4n) is 0.949. The summed E-state index contributed by atoms with van der Waals surface area (Å²) in [6.45, 7) is 3.73. The van der Waals surface area contributed by atoms with E-state index in [9.17, 15) is 4.39 Å². The van der Waals surface area contributed by atoms with E-state index in [1.807, 2.05) is 13.8 Å². The van der Waals surface area contributed by atoms with Crippen molar-refractivity contribution in [1.29, 1.82) is 0 Å². The van der Waals surface area contributed by atoms with E-state index in [4.69, 9.17) is 5.73 Å². The van der Waals surface area contributed by atoms with Crippen molar-refractivity contribution in [3.05, 3.63) is 41.2 Å². The first-order valence-corrected chi connectivity index (χ1v) is 3.81. The van der Waals surface area contributed by atoms with Crippen LogP contribution in [0.4, 0.5) is 4.39 Å². The lowest BCUT2D eigenvalue weighted by Gasteiger charge is -2.04. The standard InChI is InChI=1S/C10H12FN/c1-7(2)10(12)8-5-3-4-6-9(8)11/h3-6H,12H2,1-2H3. The Morgan fingerprint density at radius 3 is 2.33 bits per heavy atom. The third kappa shape index (κ3) is 1.64. The highest BCUT2D eigenvalue weighted by Gasteiger charge is 2.03. The average molecular weight is 165 g/mol. The quantitative estimate of drug-likeness (QED) is 0.679. The number of hydrogen-bond donors (Lipinski definition) is 1. The van der Waals surface area contributed by atoms with E-state index >= 15 is 0 Å². The molecular formula is C10H12FN. The minimum atomic E-state index is -0.267. The first-order chi connectivity index (χ1) is 5.63. The van der Waals surface area contributed by atoms with Crippen molar-refractivity contribution in [2.75, 3.05) is 0 Å². The van der Waals surface area contributed by atoms with E-state index < -0.39 is 0 Å². The van der Waals surface area contributed by atoms with Crippen molar-refractivity contribution >= 4 is 5.70 Å². The summed E-state index contributed by atoms with van der Waals surface area (Å²) >= 11 is 0. The fraction of sp³-hybridized carbons (Fsp3) is 0.200. The van der Waals surface area contributed by atoms with Crippen LogP contribution in [0, 0.1) is 5.82 Å². The van der Waals surface area contributed by atoms with Crippen LogP contribution in [0.2, 0.25) is 0 Å². The molecule has 0 aliphatic rings. The molecule has 12 heavy (non-hydrogen) atoms. The summed E-state index contributed by atoms with van der Waals surface area (Å²) in [6.07, 6.45) is 0. The molecule has 0 fully saturated rings. The van der Waals surface area contributed by atoms with Crippen molar-refractivity contribution in [2.45, 2.75) is 13.8 Å². The fourth-order valence-corrected chi connectivity index (χ4v) is 0.949. The van der Waals surface area contributed by atoms with Gasteiger partial charge in [0.15, 0.2) is 0 Å². The van der Waals surface area contributed by atoms with E-state index in [1.54, 1.807) is 18.2 Å². The Hall–Kier alpha value is -1.31. The number of halogens is 1. The molecule has 0 aliphatic carbocycles. The predicted octanol–water partition coefficient (Wildman–Crippen LogP) is 2.54. The minimum absolute atomic E-state index is 0.267. The summed E-state index contributed by atoms with van der Waals surface area (Å²) in [5.74, 6) is -0.267. The molecule has 0 radical (unpaired) electrons. The van der Waals surface area contributed by atoms with Gasteiger partial charge in [-0.1, -0.05) is 17.7 Å². The average Bonchev–Trinajstić information content (AvgIpc) is 2.04. The van der Waals surface area contributed by atoms with Gasteiger partial charge in [-0.15, -0.1) is 0 Å². The van der Waals surface area contributed by atoms with Crippen molar-refractivity contribution in [1.82, 2.24) is 0 Å². The highest BCUT2D eigenvalue weighted by Crippen LogP contribution is 2.15. The van der Waals surface area contributed by atoms with Crippen molar-refractivity contribution in [3.63, 3.8) is 0 Å². The summed E-state index contributed by atoms with van der Waals surface area (Å²) in [5.41, 5.74) is 7.61. The van der Waals surface area contributed by atoms with Crippen molar-refractivity contribution in [2.24, 2.45) is 5.73 Å². The van der Waals surface area contributed by atoms with E-state index in [0.29, 0.717) is 11.3 Å². The van der Waals surface area contributed by atoms with E-state index in [0.717, 1.165) is 5.57 Å². The molecule has 2 N–H and O–H groups in total. The predicted molar refractivity (Wildman–Crippen MR) is 48.9 cm³/mol. The van der Waals surface area contributed by atoms with Crippen LogP contribution < -0.4 is 5.73 Å². The highest BCUT2D eigenvalue weighted by molar-refractivity contribution is 5.65. The largest absolute Gasteiger partial charge is 0.398 e. The van der Waals surface area contributed by atoms with Crippen LogP contribution in [-0.4, -0.2) is 0 Å². The van der Waals surface area contributed by atoms with Gasteiger partial charge in [0.05, 0.1) is 0 Å². The van der Waals surface area contributed by atoms with E-state index in [1.165, 1.54) is 6.07 Å².